The van der Waals surface area contributed by atoms with E-state index in [1.807, 2.05) is 20.8 Å². The molecule has 6 heteroatoms. The molecule has 24 heavy (non-hydrogen) atoms. The fraction of sp³-hybridized carbons (Fsp3) is 0.889. The lowest BCUT2D eigenvalue weighted by Crippen LogP contribution is -2.42. The van der Waals surface area contributed by atoms with Crippen molar-refractivity contribution in [1.82, 2.24) is 5.32 Å². The Bertz CT molecular complexity index is 402. The van der Waals surface area contributed by atoms with Gasteiger partial charge in [-0.3, -0.25) is 9.59 Å². The van der Waals surface area contributed by atoms with Gasteiger partial charge in [0.2, 0.25) is 5.91 Å². The van der Waals surface area contributed by atoms with E-state index < -0.39 is 17.6 Å². The molecule has 0 aliphatic heterocycles. The quantitative estimate of drug-likeness (QED) is 0.340. The largest absolute Gasteiger partial charge is 0.462 e. The predicted molar refractivity (Wildman–Crippen MR) is 95.4 cm³/mol. The summed E-state index contributed by atoms with van der Waals surface area (Å²) in [6.07, 6.45) is 1.27. The predicted octanol–water partition coefficient (Wildman–Crippen LogP) is 1.71. The molecule has 0 aromatic rings. The summed E-state index contributed by atoms with van der Waals surface area (Å²) < 4.78 is 6.16. The smallest absolute Gasteiger partial charge is 0.302 e. The lowest BCUT2D eigenvalue weighted by atomic mass is 9.84. The summed E-state index contributed by atoms with van der Waals surface area (Å²) in [6.45, 7) is 8.53. The second kappa shape index (κ2) is 9.99. The minimum absolute atomic E-state index is 0.0490. The minimum Gasteiger partial charge on any atom is -0.462 e. The molecule has 2 unspecified atom stereocenters. The van der Waals surface area contributed by atoms with E-state index in [0.717, 1.165) is 17.4 Å². The van der Waals surface area contributed by atoms with Crippen LogP contribution in [0.1, 0.15) is 53.4 Å². The molecule has 0 rings (SSSR count). The van der Waals surface area contributed by atoms with Gasteiger partial charge < -0.3 is 19.6 Å². The number of aliphatic hydroxyl groups excluding tert-OH is 1. The molecule has 0 aliphatic rings. The van der Waals surface area contributed by atoms with Gasteiger partial charge in [-0.25, -0.2) is 0 Å². The van der Waals surface area contributed by atoms with E-state index in [9.17, 15) is 14.7 Å². The van der Waals surface area contributed by atoms with Crippen molar-refractivity contribution < 1.29 is 23.9 Å². The Morgan fingerprint density at radius 1 is 1.25 bits per heavy atom. The van der Waals surface area contributed by atoms with Crippen LogP contribution in [0.3, 0.4) is 0 Å². The molecule has 142 valence electrons. The van der Waals surface area contributed by atoms with Gasteiger partial charge in [0.05, 0.1) is 33.8 Å². The average molecular weight is 346 g/mol. The van der Waals surface area contributed by atoms with E-state index in [0.29, 0.717) is 25.8 Å². The molecule has 2 N–H and O–H groups in total. The number of rotatable bonds is 11. The van der Waals surface area contributed by atoms with Crippen molar-refractivity contribution >= 4 is 11.9 Å². The number of quaternary nitrogens is 1. The van der Waals surface area contributed by atoms with Gasteiger partial charge in [0, 0.05) is 31.7 Å². The van der Waals surface area contributed by atoms with Gasteiger partial charge in [0.25, 0.3) is 0 Å². The number of carbonyl (C=O) groups is 2. The number of hydrogen-bond acceptors (Lipinski definition) is 4. The van der Waals surface area contributed by atoms with Crippen LogP contribution in [0, 0.1) is 5.41 Å². The van der Waals surface area contributed by atoms with Gasteiger partial charge in [0.15, 0.2) is 0 Å². The van der Waals surface area contributed by atoms with E-state index in [1.54, 1.807) is 0 Å². The monoisotopic (exact) mass is 345 g/mol. The molecule has 0 saturated heterocycles. The molecule has 1 amide bonds. The number of amides is 1. The molecular formula is C18H37N2O4+. The second-order valence-corrected chi connectivity index (χ2v) is 8.24. The maximum Gasteiger partial charge on any atom is 0.302 e. The Kier molecular flexibility index (Phi) is 9.51. The number of aliphatic hydroxyl groups is 1. The standard InChI is InChI=1S/C18H36N2O4/c1-8-15(22)12-16(24-14(2)21)13-18(3,4)17(23)19-10-9-11-20(5,6)7/h15-16,22H,8-13H2,1-7H3/p+1. The van der Waals surface area contributed by atoms with E-state index in [-0.39, 0.29) is 11.9 Å². The van der Waals surface area contributed by atoms with Crippen molar-refractivity contribution in [3.05, 3.63) is 0 Å². The second-order valence-electron chi connectivity index (χ2n) is 8.24. The third-order valence-electron chi connectivity index (χ3n) is 3.98. The number of esters is 1. The summed E-state index contributed by atoms with van der Waals surface area (Å²) in [7, 11) is 6.36. The van der Waals surface area contributed by atoms with Crippen molar-refractivity contribution in [3.8, 4) is 0 Å². The molecular weight excluding hydrogens is 308 g/mol. The first-order chi connectivity index (χ1) is 10.9. The van der Waals surface area contributed by atoms with Gasteiger partial charge in [-0.2, -0.15) is 0 Å². The first-order valence-corrected chi connectivity index (χ1v) is 8.81. The SMILES string of the molecule is CCC(O)CC(CC(C)(C)C(=O)NCCC[N+](C)(C)C)OC(C)=O. The van der Waals surface area contributed by atoms with Crippen LogP contribution in [0.2, 0.25) is 0 Å². The van der Waals surface area contributed by atoms with E-state index in [2.05, 4.69) is 26.5 Å². The van der Waals surface area contributed by atoms with Crippen molar-refractivity contribution in [2.75, 3.05) is 34.2 Å². The van der Waals surface area contributed by atoms with Crippen LogP contribution >= 0.6 is 0 Å². The van der Waals surface area contributed by atoms with Gasteiger partial charge in [0.1, 0.15) is 6.10 Å². The molecule has 0 bridgehead atoms. The Hall–Kier alpha value is -1.14. The first kappa shape index (κ1) is 22.9. The summed E-state index contributed by atoms with van der Waals surface area (Å²) in [5, 5.41) is 12.8. The fourth-order valence-electron chi connectivity index (χ4n) is 2.53. The van der Waals surface area contributed by atoms with Crippen LogP contribution in [0.15, 0.2) is 0 Å². The number of nitrogens with one attached hydrogen (secondary N) is 1. The number of ether oxygens (including phenoxy) is 1. The summed E-state index contributed by atoms with van der Waals surface area (Å²) >= 11 is 0. The van der Waals surface area contributed by atoms with Crippen LogP contribution < -0.4 is 5.32 Å². The normalized spacial score (nSPS) is 14.8. The maximum absolute atomic E-state index is 12.4. The Labute approximate surface area is 147 Å². The summed E-state index contributed by atoms with van der Waals surface area (Å²) in [5.74, 6) is -0.436. The van der Waals surface area contributed by atoms with E-state index in [4.69, 9.17) is 4.74 Å². The molecule has 0 aromatic carbocycles. The van der Waals surface area contributed by atoms with Crippen molar-refractivity contribution in [2.24, 2.45) is 5.41 Å². The van der Waals surface area contributed by atoms with Crippen LogP contribution in [-0.2, 0) is 14.3 Å². The average Bonchev–Trinajstić information content (AvgIpc) is 2.40. The Balaban J connectivity index is 4.57. The van der Waals surface area contributed by atoms with E-state index >= 15 is 0 Å². The highest BCUT2D eigenvalue weighted by Crippen LogP contribution is 2.26. The van der Waals surface area contributed by atoms with Crippen LogP contribution in [-0.4, -0.2) is 67.9 Å². The highest BCUT2D eigenvalue weighted by Gasteiger charge is 2.33. The summed E-state index contributed by atoms with van der Waals surface area (Å²) in [5.41, 5.74) is -0.663. The zero-order valence-corrected chi connectivity index (χ0v) is 16.5. The molecule has 0 fully saturated rings. The molecule has 0 spiro atoms. The molecule has 0 aromatic heterocycles. The zero-order valence-electron chi connectivity index (χ0n) is 16.5. The minimum atomic E-state index is -0.663. The lowest BCUT2D eigenvalue weighted by molar-refractivity contribution is -0.870. The zero-order chi connectivity index (χ0) is 19.0. The third-order valence-corrected chi connectivity index (χ3v) is 3.98. The van der Waals surface area contributed by atoms with Crippen molar-refractivity contribution in [1.29, 1.82) is 0 Å². The molecule has 6 nitrogen and oxygen atoms in total. The number of hydrogen-bond donors (Lipinski definition) is 2. The summed E-state index contributed by atoms with van der Waals surface area (Å²) in [4.78, 5) is 23.7. The molecule has 0 heterocycles. The Morgan fingerprint density at radius 2 is 1.83 bits per heavy atom. The third kappa shape index (κ3) is 10.6. The highest BCUT2D eigenvalue weighted by molar-refractivity contribution is 5.81. The summed E-state index contributed by atoms with van der Waals surface area (Å²) in [6, 6.07) is 0. The first-order valence-electron chi connectivity index (χ1n) is 8.81. The molecule has 2 atom stereocenters. The van der Waals surface area contributed by atoms with Gasteiger partial charge >= 0.3 is 5.97 Å². The Morgan fingerprint density at radius 3 is 2.29 bits per heavy atom. The van der Waals surface area contributed by atoms with Crippen LogP contribution in [0.5, 0.6) is 0 Å². The molecule has 0 aliphatic carbocycles. The van der Waals surface area contributed by atoms with Gasteiger partial charge in [-0.1, -0.05) is 20.8 Å². The van der Waals surface area contributed by atoms with Gasteiger partial charge in [-0.05, 0) is 12.8 Å². The topological polar surface area (TPSA) is 75.6 Å². The number of nitrogens with zero attached hydrogens (tertiary/aromatic N) is 1. The van der Waals surface area contributed by atoms with Crippen LogP contribution in [0.4, 0.5) is 0 Å². The number of carbonyl (C=O) groups excluding carboxylic acids is 2. The van der Waals surface area contributed by atoms with Crippen LogP contribution in [0.25, 0.3) is 0 Å². The molecule has 0 radical (unpaired) electrons. The highest BCUT2D eigenvalue weighted by atomic mass is 16.5. The van der Waals surface area contributed by atoms with E-state index in [1.165, 1.54) is 6.92 Å². The maximum atomic E-state index is 12.4. The lowest BCUT2D eigenvalue weighted by Gasteiger charge is -2.29. The molecule has 0 saturated carbocycles. The fourth-order valence-corrected chi connectivity index (χ4v) is 2.53. The van der Waals surface area contributed by atoms with Gasteiger partial charge in [-0.15, -0.1) is 0 Å². The van der Waals surface area contributed by atoms with Crippen molar-refractivity contribution in [2.45, 2.75) is 65.6 Å². The van der Waals surface area contributed by atoms with Crippen molar-refractivity contribution in [3.63, 3.8) is 0 Å².